The molecule has 0 saturated heterocycles. The van der Waals surface area contributed by atoms with Crippen molar-refractivity contribution >= 4 is 45.2 Å². The standard InChI is InChI=1S/C26H23N2S.HI/c1-3-28-18-17-20(21-11-6-7-13-23(21)28)10-8-14-25-27(2)26-22-12-5-4-9-19(22)15-16-24(26)29-25;/h4-18H,3H2,1-2H3;1H/q+1;/p-1. The Morgan fingerprint density at radius 3 is 2.53 bits per heavy atom. The van der Waals surface area contributed by atoms with Crippen LogP contribution in [0.1, 0.15) is 12.5 Å². The van der Waals surface area contributed by atoms with Gasteiger partial charge in [-0.3, -0.25) is 0 Å². The molecule has 1 aromatic heterocycles. The number of rotatable bonds is 3. The van der Waals surface area contributed by atoms with Gasteiger partial charge in [0.1, 0.15) is 6.54 Å². The highest BCUT2D eigenvalue weighted by Gasteiger charge is 2.23. The molecule has 1 aliphatic rings. The predicted molar refractivity (Wildman–Crippen MR) is 125 cm³/mol. The Kier molecular flexibility index (Phi) is 6.16. The topological polar surface area (TPSA) is 7.12 Å². The molecule has 0 amide bonds. The summed E-state index contributed by atoms with van der Waals surface area (Å²) in [5.41, 5.74) is 3.83. The highest BCUT2D eigenvalue weighted by Crippen LogP contribution is 2.48. The molecule has 0 unspecified atom stereocenters. The van der Waals surface area contributed by atoms with E-state index in [0.29, 0.717) is 0 Å². The minimum absolute atomic E-state index is 0. The van der Waals surface area contributed by atoms with Gasteiger partial charge in [-0.15, -0.1) is 0 Å². The fourth-order valence-corrected chi connectivity index (χ4v) is 5.14. The van der Waals surface area contributed by atoms with Crippen molar-refractivity contribution < 1.29 is 28.5 Å². The largest absolute Gasteiger partial charge is 1.00 e. The molecule has 30 heavy (non-hydrogen) atoms. The summed E-state index contributed by atoms with van der Waals surface area (Å²) in [7, 11) is 2.16. The smallest absolute Gasteiger partial charge is 0.213 e. The van der Waals surface area contributed by atoms with E-state index in [-0.39, 0.29) is 24.0 Å². The van der Waals surface area contributed by atoms with Crippen molar-refractivity contribution in [2.75, 3.05) is 11.9 Å². The lowest BCUT2D eigenvalue weighted by atomic mass is 10.1. The van der Waals surface area contributed by atoms with Crippen LogP contribution in [0.4, 0.5) is 5.69 Å². The molecule has 0 N–H and O–H groups in total. The van der Waals surface area contributed by atoms with E-state index in [1.54, 1.807) is 0 Å². The van der Waals surface area contributed by atoms with Crippen molar-refractivity contribution in [2.24, 2.45) is 0 Å². The quantitative estimate of drug-likeness (QED) is 0.301. The number of halogens is 1. The summed E-state index contributed by atoms with van der Waals surface area (Å²) in [6.07, 6.45) is 8.78. The molecule has 2 heterocycles. The maximum Gasteiger partial charge on any atom is 0.213 e. The van der Waals surface area contributed by atoms with Crippen molar-refractivity contribution in [3.8, 4) is 0 Å². The van der Waals surface area contributed by atoms with E-state index >= 15 is 0 Å². The zero-order valence-corrected chi connectivity index (χ0v) is 20.0. The Bertz CT molecular complexity index is 1290. The number of thioether (sulfide) groups is 1. The van der Waals surface area contributed by atoms with Gasteiger partial charge >= 0.3 is 0 Å². The fourth-order valence-electron chi connectivity index (χ4n) is 4.06. The summed E-state index contributed by atoms with van der Waals surface area (Å²) in [4.78, 5) is 3.63. The maximum atomic E-state index is 2.31. The van der Waals surface area contributed by atoms with Gasteiger partial charge in [-0.25, -0.2) is 0 Å². The Morgan fingerprint density at radius 2 is 1.70 bits per heavy atom. The van der Waals surface area contributed by atoms with Crippen LogP contribution in [0, 0.1) is 0 Å². The lowest BCUT2D eigenvalue weighted by molar-refractivity contribution is -0.667. The van der Waals surface area contributed by atoms with Crippen LogP contribution >= 0.6 is 11.8 Å². The summed E-state index contributed by atoms with van der Waals surface area (Å²) >= 11 is 1.84. The van der Waals surface area contributed by atoms with Gasteiger partial charge in [0.25, 0.3) is 0 Å². The number of allylic oxidation sites excluding steroid dienone is 2. The van der Waals surface area contributed by atoms with Crippen molar-refractivity contribution in [3.63, 3.8) is 0 Å². The molecule has 0 atom stereocenters. The first-order valence-corrected chi connectivity index (χ1v) is 10.8. The minimum atomic E-state index is 0. The number of fused-ring (bicyclic) bond motifs is 4. The van der Waals surface area contributed by atoms with Gasteiger partial charge in [0.05, 0.1) is 16.1 Å². The maximum absolute atomic E-state index is 2.31. The molecule has 4 aromatic rings. The third-order valence-electron chi connectivity index (χ3n) is 5.56. The van der Waals surface area contributed by atoms with Gasteiger partial charge in [-0.1, -0.05) is 66.4 Å². The molecule has 0 saturated carbocycles. The zero-order valence-electron chi connectivity index (χ0n) is 17.0. The average Bonchev–Trinajstić information content (AvgIpc) is 3.10. The summed E-state index contributed by atoms with van der Waals surface area (Å²) in [5, 5.41) is 5.13. The van der Waals surface area contributed by atoms with Gasteiger partial charge in [0, 0.05) is 29.5 Å². The van der Waals surface area contributed by atoms with Crippen molar-refractivity contribution in [1.82, 2.24) is 0 Å². The number of pyridine rings is 1. The molecule has 150 valence electrons. The van der Waals surface area contributed by atoms with Crippen molar-refractivity contribution in [1.29, 1.82) is 0 Å². The molecule has 0 radical (unpaired) electrons. The van der Waals surface area contributed by atoms with Crippen LogP contribution in [0.3, 0.4) is 0 Å². The number of para-hydroxylation sites is 1. The van der Waals surface area contributed by atoms with Crippen LogP contribution in [0.5, 0.6) is 0 Å². The molecule has 2 nitrogen and oxygen atoms in total. The van der Waals surface area contributed by atoms with Crippen LogP contribution < -0.4 is 33.4 Å². The van der Waals surface area contributed by atoms with Crippen LogP contribution in [0.15, 0.2) is 95.0 Å². The van der Waals surface area contributed by atoms with Crippen molar-refractivity contribution in [2.45, 2.75) is 18.4 Å². The summed E-state index contributed by atoms with van der Waals surface area (Å²) in [6, 6.07) is 23.9. The van der Waals surface area contributed by atoms with E-state index in [4.69, 9.17) is 0 Å². The number of hydrogen-bond acceptors (Lipinski definition) is 2. The lowest BCUT2D eigenvalue weighted by Gasteiger charge is -2.15. The number of benzene rings is 3. The molecule has 5 rings (SSSR count). The first-order chi connectivity index (χ1) is 14.3. The minimum Gasteiger partial charge on any atom is -1.00 e. The van der Waals surface area contributed by atoms with Crippen molar-refractivity contribution in [3.05, 3.63) is 95.7 Å². The number of nitrogens with zero attached hydrogens (tertiary/aromatic N) is 2. The van der Waals surface area contributed by atoms with Crippen LogP contribution in [-0.4, -0.2) is 7.05 Å². The Morgan fingerprint density at radius 1 is 0.933 bits per heavy atom. The SMILES string of the molecule is CC[n+]1ccc(/C=C/C=C2\Sc3ccc4ccccc4c3N2C)c2ccccc21.[I-]. The number of anilines is 1. The van der Waals surface area contributed by atoms with E-state index < -0.39 is 0 Å². The average molecular weight is 522 g/mol. The second-order valence-corrected chi connectivity index (χ2v) is 8.30. The van der Waals surface area contributed by atoms with Crippen LogP contribution in [0.25, 0.3) is 27.8 Å². The lowest BCUT2D eigenvalue weighted by Crippen LogP contribution is -3.00. The first-order valence-electron chi connectivity index (χ1n) is 9.99. The normalized spacial score (nSPS) is 14.6. The van der Waals surface area contributed by atoms with Gasteiger partial charge in [-0.05, 0) is 36.1 Å². The van der Waals surface area contributed by atoms with E-state index in [1.807, 2.05) is 11.8 Å². The van der Waals surface area contributed by atoms with Crippen LogP contribution in [-0.2, 0) is 6.54 Å². The molecule has 0 fully saturated rings. The monoisotopic (exact) mass is 522 g/mol. The third kappa shape index (κ3) is 3.63. The molecule has 3 aromatic carbocycles. The van der Waals surface area contributed by atoms with Gasteiger partial charge < -0.3 is 28.9 Å². The highest BCUT2D eigenvalue weighted by molar-refractivity contribution is 8.03. The molecule has 0 spiro atoms. The Balaban J connectivity index is 0.00000218. The summed E-state index contributed by atoms with van der Waals surface area (Å²) in [5.74, 6) is 0. The first kappa shape index (κ1) is 20.9. The van der Waals surface area contributed by atoms with E-state index in [0.717, 1.165) is 6.54 Å². The number of aromatic nitrogens is 1. The number of hydrogen-bond donors (Lipinski definition) is 0. The number of aryl methyl sites for hydroxylation is 1. The Hall–Kier alpha value is -2.31. The molecular weight excluding hydrogens is 499 g/mol. The second kappa shape index (κ2) is 8.82. The predicted octanol–water partition coefficient (Wildman–Crippen LogP) is 3.40. The van der Waals surface area contributed by atoms with Gasteiger partial charge in [0.2, 0.25) is 5.52 Å². The summed E-state index contributed by atoms with van der Waals surface area (Å²) < 4.78 is 2.29. The highest BCUT2D eigenvalue weighted by atomic mass is 127. The molecule has 1 aliphatic heterocycles. The molecule has 4 heteroatoms. The van der Waals surface area contributed by atoms with E-state index in [2.05, 4.69) is 115 Å². The Labute approximate surface area is 198 Å². The molecule has 0 aliphatic carbocycles. The van der Waals surface area contributed by atoms with E-state index in [1.165, 1.54) is 42.9 Å². The third-order valence-corrected chi connectivity index (χ3v) is 6.73. The molecule has 0 bridgehead atoms. The van der Waals surface area contributed by atoms with E-state index in [9.17, 15) is 0 Å². The summed E-state index contributed by atoms with van der Waals surface area (Å²) in [6.45, 7) is 3.16. The second-order valence-electron chi connectivity index (χ2n) is 7.23. The van der Waals surface area contributed by atoms with Gasteiger partial charge in [-0.2, -0.15) is 4.57 Å². The zero-order chi connectivity index (χ0) is 19.8. The molecular formula is C26H23IN2S. The fraction of sp³-hybridized carbons (Fsp3) is 0.115. The van der Waals surface area contributed by atoms with Crippen LogP contribution in [0.2, 0.25) is 0 Å². The van der Waals surface area contributed by atoms with Gasteiger partial charge in [0.15, 0.2) is 6.20 Å².